The number of benzene rings is 1. The number of rotatable bonds is 6. The van der Waals surface area contributed by atoms with Crippen LogP contribution in [0.4, 0.5) is 0 Å². The van der Waals surface area contributed by atoms with Crippen molar-refractivity contribution in [1.29, 1.82) is 0 Å². The molecule has 0 radical (unpaired) electrons. The number of carbonyl (C=O) groups excluding carboxylic acids is 2. The molecule has 0 saturated heterocycles. The second-order valence-corrected chi connectivity index (χ2v) is 4.52. The molecule has 1 aromatic carbocycles. The number of hydrogen-bond donors (Lipinski definition) is 0. The van der Waals surface area contributed by atoms with E-state index in [2.05, 4.69) is 0 Å². The van der Waals surface area contributed by atoms with Crippen molar-refractivity contribution in [2.24, 2.45) is 0 Å². The van der Waals surface area contributed by atoms with Gasteiger partial charge in [0.2, 0.25) is 0 Å². The molecule has 0 atom stereocenters. The number of unbranched alkanes of at least 4 members (excludes halogenated alkanes) is 1. The molecule has 0 amide bonds. The van der Waals surface area contributed by atoms with Gasteiger partial charge in [0.05, 0.1) is 6.61 Å². The van der Waals surface area contributed by atoms with Gasteiger partial charge in [0.1, 0.15) is 5.75 Å². The second-order valence-electron chi connectivity index (χ2n) is 4.52. The molecule has 0 heterocycles. The summed E-state index contributed by atoms with van der Waals surface area (Å²) in [5, 5.41) is 0. The van der Waals surface area contributed by atoms with Gasteiger partial charge < -0.3 is 9.47 Å². The van der Waals surface area contributed by atoms with E-state index in [1.165, 1.54) is 0 Å². The molecular weight excluding hydrogens is 256 g/mol. The first kappa shape index (κ1) is 16.0. The molecule has 4 nitrogen and oxygen atoms in total. The predicted octanol–water partition coefficient (Wildman–Crippen LogP) is 3.11. The zero-order valence-electron chi connectivity index (χ0n) is 12.1. The van der Waals surface area contributed by atoms with E-state index in [1.807, 2.05) is 26.8 Å². The molecule has 0 aliphatic heterocycles. The number of esters is 2. The van der Waals surface area contributed by atoms with Crippen molar-refractivity contribution >= 4 is 11.9 Å². The van der Waals surface area contributed by atoms with Crippen LogP contribution in [-0.4, -0.2) is 18.5 Å². The van der Waals surface area contributed by atoms with E-state index in [0.29, 0.717) is 12.4 Å². The van der Waals surface area contributed by atoms with Gasteiger partial charge in [-0.1, -0.05) is 19.4 Å². The Hall–Kier alpha value is -2.10. The van der Waals surface area contributed by atoms with Crippen LogP contribution in [0.25, 0.3) is 0 Å². The summed E-state index contributed by atoms with van der Waals surface area (Å²) in [5.74, 6) is -0.668. The molecule has 0 bridgehead atoms. The van der Waals surface area contributed by atoms with Crippen molar-refractivity contribution in [3.8, 4) is 5.75 Å². The van der Waals surface area contributed by atoms with Crippen molar-refractivity contribution in [3.63, 3.8) is 0 Å². The molecule has 20 heavy (non-hydrogen) atoms. The highest BCUT2D eigenvalue weighted by Gasteiger charge is 2.04. The lowest BCUT2D eigenvalue weighted by Gasteiger charge is -2.04. The van der Waals surface area contributed by atoms with Crippen LogP contribution in [0.3, 0.4) is 0 Å². The van der Waals surface area contributed by atoms with E-state index in [1.54, 1.807) is 12.1 Å². The van der Waals surface area contributed by atoms with Gasteiger partial charge in [0.25, 0.3) is 0 Å². The highest BCUT2D eigenvalue weighted by Crippen LogP contribution is 2.16. The Labute approximate surface area is 119 Å². The maximum Gasteiger partial charge on any atom is 0.336 e. The van der Waals surface area contributed by atoms with Gasteiger partial charge in [-0.25, -0.2) is 9.59 Å². The van der Waals surface area contributed by atoms with Crippen molar-refractivity contribution in [1.82, 2.24) is 0 Å². The van der Waals surface area contributed by atoms with Gasteiger partial charge in [0.15, 0.2) is 0 Å². The zero-order valence-corrected chi connectivity index (χ0v) is 12.1. The Balaban J connectivity index is 2.46. The fourth-order valence-electron chi connectivity index (χ4n) is 1.43. The fraction of sp³-hybridized carbons (Fsp3) is 0.375. The summed E-state index contributed by atoms with van der Waals surface area (Å²) in [6, 6.07) is 5.37. The molecule has 0 aliphatic rings. The number of aryl methyl sites for hydroxylation is 2. The summed E-state index contributed by atoms with van der Waals surface area (Å²) in [4.78, 5) is 22.8. The first-order valence-corrected chi connectivity index (χ1v) is 6.67. The molecule has 0 aromatic heterocycles. The highest BCUT2D eigenvalue weighted by molar-refractivity contribution is 5.92. The largest absolute Gasteiger partial charge is 0.463 e. The minimum Gasteiger partial charge on any atom is -0.463 e. The molecule has 0 fully saturated rings. The third-order valence-corrected chi connectivity index (χ3v) is 2.79. The van der Waals surface area contributed by atoms with E-state index in [-0.39, 0.29) is 0 Å². The normalized spacial score (nSPS) is 10.6. The Morgan fingerprint density at radius 1 is 1.10 bits per heavy atom. The molecule has 0 aliphatic carbocycles. The van der Waals surface area contributed by atoms with Crippen LogP contribution in [0.15, 0.2) is 30.4 Å². The van der Waals surface area contributed by atoms with Crippen LogP contribution < -0.4 is 4.74 Å². The van der Waals surface area contributed by atoms with Crippen LogP contribution in [0, 0.1) is 13.8 Å². The standard InChI is InChI=1S/C16H20O4/c1-4-5-10-19-15(17)8-9-16(18)20-14-7-6-12(2)13(3)11-14/h6-9,11H,4-5,10H2,1-3H3/b9-8+. The van der Waals surface area contributed by atoms with Crippen molar-refractivity contribution in [3.05, 3.63) is 41.5 Å². The smallest absolute Gasteiger partial charge is 0.336 e. The highest BCUT2D eigenvalue weighted by atomic mass is 16.5. The topological polar surface area (TPSA) is 52.6 Å². The van der Waals surface area contributed by atoms with E-state index in [4.69, 9.17) is 9.47 Å². The Morgan fingerprint density at radius 2 is 1.80 bits per heavy atom. The number of carbonyl (C=O) groups is 2. The van der Waals surface area contributed by atoms with E-state index >= 15 is 0 Å². The number of hydrogen-bond acceptors (Lipinski definition) is 4. The fourth-order valence-corrected chi connectivity index (χ4v) is 1.43. The van der Waals surface area contributed by atoms with Crippen LogP contribution >= 0.6 is 0 Å². The maximum absolute atomic E-state index is 11.5. The molecule has 0 unspecified atom stereocenters. The summed E-state index contributed by atoms with van der Waals surface area (Å²) < 4.78 is 9.98. The van der Waals surface area contributed by atoms with Crippen molar-refractivity contribution < 1.29 is 19.1 Å². The van der Waals surface area contributed by atoms with E-state index < -0.39 is 11.9 Å². The lowest BCUT2D eigenvalue weighted by atomic mass is 10.1. The lowest BCUT2D eigenvalue weighted by molar-refractivity contribution is -0.138. The summed E-state index contributed by atoms with van der Waals surface area (Å²) >= 11 is 0. The average molecular weight is 276 g/mol. The van der Waals surface area contributed by atoms with Crippen LogP contribution in [0.2, 0.25) is 0 Å². The molecule has 0 saturated carbocycles. The third-order valence-electron chi connectivity index (χ3n) is 2.79. The van der Waals surface area contributed by atoms with E-state index in [9.17, 15) is 9.59 Å². The first-order chi connectivity index (χ1) is 9.52. The summed E-state index contributed by atoms with van der Waals surface area (Å²) in [6.45, 7) is 6.29. The Bertz CT molecular complexity index is 503. The van der Waals surface area contributed by atoms with Crippen LogP contribution in [-0.2, 0) is 14.3 Å². The summed E-state index contributed by atoms with van der Waals surface area (Å²) in [7, 11) is 0. The van der Waals surface area contributed by atoms with Gasteiger partial charge in [-0.3, -0.25) is 0 Å². The van der Waals surface area contributed by atoms with Crippen molar-refractivity contribution in [2.45, 2.75) is 33.6 Å². The van der Waals surface area contributed by atoms with Crippen molar-refractivity contribution in [2.75, 3.05) is 6.61 Å². The zero-order chi connectivity index (χ0) is 15.0. The quantitative estimate of drug-likeness (QED) is 0.347. The molecule has 1 rings (SSSR count). The summed E-state index contributed by atoms with van der Waals surface area (Å²) in [5.41, 5.74) is 2.16. The monoisotopic (exact) mass is 276 g/mol. The Morgan fingerprint density at radius 3 is 2.45 bits per heavy atom. The molecular formula is C16H20O4. The van der Waals surface area contributed by atoms with Gasteiger partial charge in [-0.2, -0.15) is 0 Å². The number of ether oxygens (including phenoxy) is 2. The molecule has 4 heteroatoms. The van der Waals surface area contributed by atoms with Gasteiger partial charge >= 0.3 is 11.9 Å². The van der Waals surface area contributed by atoms with Gasteiger partial charge in [-0.15, -0.1) is 0 Å². The SMILES string of the molecule is CCCCOC(=O)/C=C/C(=O)Oc1ccc(C)c(C)c1. The summed E-state index contributed by atoms with van der Waals surface area (Å²) in [6.07, 6.45) is 3.92. The predicted molar refractivity (Wildman–Crippen MR) is 76.6 cm³/mol. The molecule has 108 valence electrons. The third kappa shape index (κ3) is 5.69. The Kier molecular flexibility index (Phi) is 6.50. The lowest BCUT2D eigenvalue weighted by Crippen LogP contribution is -2.07. The minimum absolute atomic E-state index is 0.367. The molecule has 0 N–H and O–H groups in total. The second kappa shape index (κ2) is 8.15. The molecule has 1 aromatic rings. The van der Waals surface area contributed by atoms with Crippen LogP contribution in [0.5, 0.6) is 5.75 Å². The van der Waals surface area contributed by atoms with E-state index in [0.717, 1.165) is 36.1 Å². The van der Waals surface area contributed by atoms with Gasteiger partial charge in [0, 0.05) is 12.2 Å². The average Bonchev–Trinajstić information content (AvgIpc) is 2.41. The molecule has 0 spiro atoms. The van der Waals surface area contributed by atoms with Gasteiger partial charge in [-0.05, 0) is 43.5 Å². The first-order valence-electron chi connectivity index (χ1n) is 6.67. The minimum atomic E-state index is -0.597. The van der Waals surface area contributed by atoms with Crippen LogP contribution in [0.1, 0.15) is 30.9 Å². The maximum atomic E-state index is 11.5.